The number of pyridine rings is 1. The van der Waals surface area contributed by atoms with E-state index >= 15 is 0 Å². The summed E-state index contributed by atoms with van der Waals surface area (Å²) in [5, 5.41) is 8.82. The fraction of sp³-hybridized carbons (Fsp3) is 0.462. The number of carboxylic acids is 1. The van der Waals surface area contributed by atoms with Crippen molar-refractivity contribution in [2.45, 2.75) is 20.0 Å². The number of likely N-dealkylation sites (N-methyl/N-ethyl adjacent to an activating group) is 1. The van der Waals surface area contributed by atoms with Gasteiger partial charge >= 0.3 is 5.97 Å². The van der Waals surface area contributed by atoms with Crippen LogP contribution >= 0.6 is 0 Å². The number of aromatic nitrogens is 1. The van der Waals surface area contributed by atoms with Gasteiger partial charge in [-0.15, -0.1) is 0 Å². The molecule has 1 aromatic heterocycles. The van der Waals surface area contributed by atoms with E-state index in [9.17, 15) is 9.59 Å². The third-order valence-corrected chi connectivity index (χ3v) is 2.41. The molecule has 19 heavy (non-hydrogen) atoms. The van der Waals surface area contributed by atoms with Crippen LogP contribution in [0, 0.1) is 0 Å². The number of carboxylic acid groups (broad SMARTS) is 1. The number of ether oxygens (including phenoxy) is 1. The Morgan fingerprint density at radius 2 is 2.00 bits per heavy atom. The molecule has 1 rings (SSSR count). The Morgan fingerprint density at radius 3 is 2.58 bits per heavy atom. The van der Waals surface area contributed by atoms with Gasteiger partial charge in [0.2, 0.25) is 0 Å². The quantitative estimate of drug-likeness (QED) is 0.839. The van der Waals surface area contributed by atoms with Crippen LogP contribution in [0.1, 0.15) is 34.8 Å². The average Bonchev–Trinajstić information content (AvgIpc) is 2.37. The summed E-state index contributed by atoms with van der Waals surface area (Å²) in [7, 11) is 1.63. The summed E-state index contributed by atoms with van der Waals surface area (Å²) in [5.41, 5.74) is -0.0235. The molecular formula is C13H18N2O4. The maximum Gasteiger partial charge on any atom is 0.354 e. The standard InChI is InChI=1S/C13H18N2O4/c1-9(2)19-8-7-15(3)12(16)10-5-4-6-11(14-10)13(17)18/h4-6,9H,7-8H2,1-3H3,(H,17,18). The largest absolute Gasteiger partial charge is 0.477 e. The summed E-state index contributed by atoms with van der Waals surface area (Å²) in [6, 6.07) is 4.34. The lowest BCUT2D eigenvalue weighted by atomic mass is 10.2. The van der Waals surface area contributed by atoms with Gasteiger partial charge in [-0.2, -0.15) is 0 Å². The fourth-order valence-electron chi connectivity index (χ4n) is 1.40. The summed E-state index contributed by atoms with van der Waals surface area (Å²) in [6.07, 6.45) is 0.108. The normalized spacial score (nSPS) is 10.5. The number of hydrogen-bond acceptors (Lipinski definition) is 4. The van der Waals surface area contributed by atoms with Gasteiger partial charge in [0.05, 0.1) is 12.7 Å². The van der Waals surface area contributed by atoms with Crippen LogP contribution < -0.4 is 0 Å². The summed E-state index contributed by atoms with van der Waals surface area (Å²) >= 11 is 0. The third-order valence-electron chi connectivity index (χ3n) is 2.41. The molecule has 1 amide bonds. The third kappa shape index (κ3) is 4.67. The first kappa shape index (κ1) is 15.1. The highest BCUT2D eigenvalue weighted by atomic mass is 16.5. The first-order chi connectivity index (χ1) is 8.91. The smallest absolute Gasteiger partial charge is 0.354 e. The predicted molar refractivity (Wildman–Crippen MR) is 69.2 cm³/mol. The predicted octanol–water partition coefficient (Wildman–Crippen LogP) is 1.28. The van der Waals surface area contributed by atoms with Gasteiger partial charge in [0.1, 0.15) is 11.4 Å². The zero-order valence-corrected chi connectivity index (χ0v) is 11.3. The molecule has 0 unspecified atom stereocenters. The lowest BCUT2D eigenvalue weighted by Crippen LogP contribution is -2.31. The summed E-state index contributed by atoms with van der Waals surface area (Å²) in [4.78, 5) is 28.1. The first-order valence-electron chi connectivity index (χ1n) is 5.99. The van der Waals surface area contributed by atoms with Crippen LogP contribution in [0.25, 0.3) is 0 Å². The van der Waals surface area contributed by atoms with E-state index in [-0.39, 0.29) is 23.4 Å². The van der Waals surface area contributed by atoms with E-state index in [0.717, 1.165) is 0 Å². The fourth-order valence-corrected chi connectivity index (χ4v) is 1.40. The topological polar surface area (TPSA) is 79.7 Å². The second-order valence-corrected chi connectivity index (χ2v) is 4.36. The SMILES string of the molecule is CC(C)OCCN(C)C(=O)c1cccc(C(=O)O)n1. The number of rotatable bonds is 6. The van der Waals surface area contributed by atoms with E-state index in [2.05, 4.69) is 4.98 Å². The molecule has 0 saturated heterocycles. The minimum atomic E-state index is -1.15. The minimum absolute atomic E-state index is 0.108. The van der Waals surface area contributed by atoms with Gasteiger partial charge in [0, 0.05) is 13.6 Å². The van der Waals surface area contributed by atoms with Crippen LogP contribution in [-0.4, -0.2) is 53.2 Å². The molecule has 0 fully saturated rings. The average molecular weight is 266 g/mol. The molecule has 0 bridgehead atoms. The molecule has 6 heteroatoms. The molecule has 1 N–H and O–H groups in total. The number of carbonyl (C=O) groups is 2. The molecule has 0 aliphatic rings. The first-order valence-corrected chi connectivity index (χ1v) is 5.99. The zero-order valence-electron chi connectivity index (χ0n) is 11.3. The van der Waals surface area contributed by atoms with Crippen molar-refractivity contribution in [3.63, 3.8) is 0 Å². The summed E-state index contributed by atoms with van der Waals surface area (Å²) in [5.74, 6) is -1.48. The second-order valence-electron chi connectivity index (χ2n) is 4.36. The molecule has 0 aliphatic carbocycles. The lowest BCUT2D eigenvalue weighted by Gasteiger charge is -2.17. The van der Waals surface area contributed by atoms with Crippen molar-refractivity contribution in [1.29, 1.82) is 0 Å². The maximum absolute atomic E-state index is 12.0. The molecule has 0 aromatic carbocycles. The van der Waals surface area contributed by atoms with Crippen LogP contribution in [-0.2, 0) is 4.74 Å². The van der Waals surface area contributed by atoms with Gasteiger partial charge in [0.15, 0.2) is 0 Å². The van der Waals surface area contributed by atoms with Crippen molar-refractivity contribution in [1.82, 2.24) is 9.88 Å². The van der Waals surface area contributed by atoms with E-state index < -0.39 is 5.97 Å². The van der Waals surface area contributed by atoms with Crippen LogP contribution in [0.4, 0.5) is 0 Å². The van der Waals surface area contributed by atoms with E-state index in [4.69, 9.17) is 9.84 Å². The van der Waals surface area contributed by atoms with Crippen molar-refractivity contribution in [3.8, 4) is 0 Å². The Balaban J connectivity index is 2.66. The molecule has 1 heterocycles. The van der Waals surface area contributed by atoms with Gasteiger partial charge < -0.3 is 14.7 Å². The van der Waals surface area contributed by atoms with Crippen LogP contribution in [0.3, 0.4) is 0 Å². The van der Waals surface area contributed by atoms with Gasteiger partial charge in [-0.1, -0.05) is 6.07 Å². The summed E-state index contributed by atoms with van der Waals surface area (Å²) < 4.78 is 5.35. The molecule has 0 radical (unpaired) electrons. The van der Waals surface area contributed by atoms with Crippen LogP contribution in [0.15, 0.2) is 18.2 Å². The van der Waals surface area contributed by atoms with Crippen LogP contribution in [0.5, 0.6) is 0 Å². The molecule has 0 atom stereocenters. The molecule has 104 valence electrons. The van der Waals surface area contributed by atoms with E-state index in [1.807, 2.05) is 13.8 Å². The van der Waals surface area contributed by atoms with Crippen LogP contribution in [0.2, 0.25) is 0 Å². The molecule has 6 nitrogen and oxygen atoms in total. The molecule has 0 spiro atoms. The van der Waals surface area contributed by atoms with Crippen molar-refractivity contribution in [2.24, 2.45) is 0 Å². The monoisotopic (exact) mass is 266 g/mol. The Hall–Kier alpha value is -1.95. The Bertz CT molecular complexity index is 460. The maximum atomic E-state index is 12.0. The highest BCUT2D eigenvalue weighted by Gasteiger charge is 2.15. The van der Waals surface area contributed by atoms with E-state index in [1.54, 1.807) is 7.05 Å². The highest BCUT2D eigenvalue weighted by Crippen LogP contribution is 2.03. The number of hydrogen-bond donors (Lipinski definition) is 1. The molecular weight excluding hydrogens is 248 g/mol. The molecule has 1 aromatic rings. The van der Waals surface area contributed by atoms with Crippen molar-refractivity contribution in [3.05, 3.63) is 29.6 Å². The Morgan fingerprint density at radius 1 is 1.37 bits per heavy atom. The molecule has 0 aliphatic heterocycles. The van der Waals surface area contributed by atoms with Crippen molar-refractivity contribution >= 4 is 11.9 Å². The van der Waals surface area contributed by atoms with Gasteiger partial charge in [-0.3, -0.25) is 4.79 Å². The zero-order chi connectivity index (χ0) is 14.4. The lowest BCUT2D eigenvalue weighted by molar-refractivity contribution is 0.0528. The highest BCUT2D eigenvalue weighted by molar-refractivity contribution is 5.94. The van der Waals surface area contributed by atoms with Crippen molar-refractivity contribution < 1.29 is 19.4 Å². The Kier molecular flexibility index (Phi) is 5.44. The number of amides is 1. The van der Waals surface area contributed by atoms with Gasteiger partial charge in [-0.05, 0) is 26.0 Å². The second kappa shape index (κ2) is 6.84. The minimum Gasteiger partial charge on any atom is -0.477 e. The summed E-state index contributed by atoms with van der Waals surface area (Å²) in [6.45, 7) is 4.69. The van der Waals surface area contributed by atoms with Gasteiger partial charge in [-0.25, -0.2) is 9.78 Å². The molecule has 0 saturated carbocycles. The number of aromatic carboxylic acids is 1. The Labute approximate surface area is 112 Å². The van der Waals surface area contributed by atoms with E-state index in [0.29, 0.717) is 13.2 Å². The number of nitrogens with zero attached hydrogens (tertiary/aromatic N) is 2. The number of carbonyl (C=O) groups excluding carboxylic acids is 1. The van der Waals surface area contributed by atoms with Crippen molar-refractivity contribution in [2.75, 3.05) is 20.2 Å². The van der Waals surface area contributed by atoms with E-state index in [1.165, 1.54) is 23.1 Å². The van der Waals surface area contributed by atoms with Gasteiger partial charge in [0.25, 0.3) is 5.91 Å².